The monoisotopic (exact) mass is 443 g/mol. The first-order valence-corrected chi connectivity index (χ1v) is 11.4. The molecule has 3 amide bonds. The van der Waals surface area contributed by atoms with Crippen LogP contribution in [0.1, 0.15) is 62.9 Å². The van der Waals surface area contributed by atoms with Gasteiger partial charge in [-0.05, 0) is 55.4 Å². The van der Waals surface area contributed by atoms with Gasteiger partial charge in [0.05, 0.1) is 5.56 Å². The van der Waals surface area contributed by atoms with Crippen molar-refractivity contribution < 1.29 is 19.1 Å². The lowest BCUT2D eigenvalue weighted by atomic mass is 9.95. The highest BCUT2D eigenvalue weighted by molar-refractivity contribution is 7.17. The summed E-state index contributed by atoms with van der Waals surface area (Å²) >= 11 is 1.51. The van der Waals surface area contributed by atoms with Crippen LogP contribution in [-0.2, 0) is 28.9 Å². The molecule has 1 heterocycles. The minimum Gasteiger partial charge on any atom is -0.385 e. The molecule has 0 saturated carbocycles. The van der Waals surface area contributed by atoms with Gasteiger partial charge in [-0.3, -0.25) is 14.4 Å². The summed E-state index contributed by atoms with van der Waals surface area (Å²) in [5.74, 6) is -0.494. The summed E-state index contributed by atoms with van der Waals surface area (Å²) < 4.78 is 5.04. The molecule has 166 valence electrons. The van der Waals surface area contributed by atoms with Crippen LogP contribution in [-0.4, -0.2) is 38.0 Å². The molecule has 8 heteroatoms. The fourth-order valence-corrected chi connectivity index (χ4v) is 4.86. The van der Waals surface area contributed by atoms with Gasteiger partial charge in [0.25, 0.3) is 11.8 Å². The van der Waals surface area contributed by atoms with E-state index in [1.54, 1.807) is 19.2 Å². The Kier molecular flexibility index (Phi) is 8.20. The van der Waals surface area contributed by atoms with Crippen molar-refractivity contribution in [1.82, 2.24) is 10.6 Å². The number of amides is 3. The maximum absolute atomic E-state index is 12.9. The van der Waals surface area contributed by atoms with Crippen LogP contribution < -0.4 is 16.0 Å². The summed E-state index contributed by atoms with van der Waals surface area (Å²) in [6, 6.07) is 7.08. The van der Waals surface area contributed by atoms with E-state index < -0.39 is 0 Å². The molecule has 1 aliphatic carbocycles. The second-order valence-corrected chi connectivity index (χ2v) is 8.68. The van der Waals surface area contributed by atoms with Gasteiger partial charge in [0.15, 0.2) is 0 Å². The highest BCUT2D eigenvalue weighted by Gasteiger charge is 2.26. The van der Waals surface area contributed by atoms with Crippen molar-refractivity contribution in [3.8, 4) is 0 Å². The van der Waals surface area contributed by atoms with Gasteiger partial charge in [-0.25, -0.2) is 0 Å². The maximum Gasteiger partial charge on any atom is 0.256 e. The second kappa shape index (κ2) is 11.1. The number of hydrogen-bond donors (Lipinski definition) is 3. The molecule has 0 atom stereocenters. The van der Waals surface area contributed by atoms with Crippen molar-refractivity contribution in [2.45, 2.75) is 45.6 Å². The Morgan fingerprint density at radius 3 is 2.48 bits per heavy atom. The van der Waals surface area contributed by atoms with Crippen molar-refractivity contribution in [2.75, 3.05) is 25.6 Å². The van der Waals surface area contributed by atoms with Crippen LogP contribution in [0.2, 0.25) is 0 Å². The number of nitrogens with one attached hydrogen (secondary N) is 3. The molecule has 31 heavy (non-hydrogen) atoms. The summed E-state index contributed by atoms with van der Waals surface area (Å²) in [6.07, 6.45) is 4.70. The summed E-state index contributed by atoms with van der Waals surface area (Å²) in [6.45, 7) is 3.00. The summed E-state index contributed by atoms with van der Waals surface area (Å²) in [5, 5.41) is 9.26. The molecule has 3 N–H and O–H groups in total. The molecule has 1 aliphatic rings. The zero-order chi connectivity index (χ0) is 22.2. The quantitative estimate of drug-likeness (QED) is 0.518. The highest BCUT2D eigenvalue weighted by atomic mass is 32.1. The zero-order valence-electron chi connectivity index (χ0n) is 18.0. The van der Waals surface area contributed by atoms with Crippen molar-refractivity contribution >= 4 is 34.1 Å². The van der Waals surface area contributed by atoms with Gasteiger partial charge in [-0.2, -0.15) is 0 Å². The summed E-state index contributed by atoms with van der Waals surface area (Å²) in [5.41, 5.74) is 3.09. The molecule has 0 saturated heterocycles. The van der Waals surface area contributed by atoms with E-state index in [0.29, 0.717) is 35.8 Å². The largest absolute Gasteiger partial charge is 0.385 e. The fourth-order valence-electron chi connectivity index (χ4n) is 3.58. The SMILES string of the molecule is COCCCNC(=O)c1c(NC(=O)c2ccc(CNC(C)=O)cc2)sc2c1CCCC2. The second-order valence-electron chi connectivity index (χ2n) is 7.58. The normalized spacial score (nSPS) is 12.7. The minimum absolute atomic E-state index is 0.100. The molecule has 7 nitrogen and oxygen atoms in total. The van der Waals surface area contributed by atoms with Crippen LogP contribution >= 0.6 is 11.3 Å². The van der Waals surface area contributed by atoms with Crippen LogP contribution in [0, 0.1) is 0 Å². The van der Waals surface area contributed by atoms with E-state index in [2.05, 4.69) is 16.0 Å². The Morgan fingerprint density at radius 1 is 1.03 bits per heavy atom. The lowest BCUT2D eigenvalue weighted by Gasteiger charge is -2.13. The van der Waals surface area contributed by atoms with Gasteiger partial charge in [0.2, 0.25) is 5.91 Å². The third-order valence-corrected chi connectivity index (χ3v) is 6.40. The maximum atomic E-state index is 12.9. The molecule has 0 fully saturated rings. The van der Waals surface area contributed by atoms with E-state index in [9.17, 15) is 14.4 Å². The van der Waals surface area contributed by atoms with Crippen LogP contribution in [0.5, 0.6) is 0 Å². The predicted molar refractivity (Wildman–Crippen MR) is 122 cm³/mol. The highest BCUT2D eigenvalue weighted by Crippen LogP contribution is 2.38. The first-order valence-electron chi connectivity index (χ1n) is 10.6. The van der Waals surface area contributed by atoms with E-state index in [-0.39, 0.29) is 17.7 Å². The molecule has 0 radical (unpaired) electrons. The van der Waals surface area contributed by atoms with Gasteiger partial charge >= 0.3 is 0 Å². The van der Waals surface area contributed by atoms with Gasteiger partial charge in [-0.15, -0.1) is 11.3 Å². The molecular weight excluding hydrogens is 414 g/mol. The number of rotatable bonds is 9. The van der Waals surface area contributed by atoms with Crippen LogP contribution in [0.25, 0.3) is 0 Å². The standard InChI is InChI=1S/C23H29N3O4S/c1-15(27)25-14-16-8-10-17(11-9-16)21(28)26-23-20(22(29)24-12-5-13-30-2)18-6-3-4-7-19(18)31-23/h8-11H,3-7,12-14H2,1-2H3,(H,24,29)(H,25,27)(H,26,28). The predicted octanol–water partition coefficient (Wildman–Crippen LogP) is 3.28. The average Bonchev–Trinajstić information content (AvgIpc) is 3.13. The Hall–Kier alpha value is -2.71. The Bertz CT molecular complexity index is 937. The molecule has 0 bridgehead atoms. The molecule has 0 spiro atoms. The number of aryl methyl sites for hydroxylation is 1. The number of carbonyl (C=O) groups is 3. The summed E-state index contributed by atoms with van der Waals surface area (Å²) in [4.78, 5) is 38.0. The first-order chi connectivity index (χ1) is 15.0. The zero-order valence-corrected chi connectivity index (χ0v) is 18.8. The first kappa shape index (κ1) is 23.0. The Balaban J connectivity index is 1.74. The van der Waals surface area contributed by atoms with Crippen LogP contribution in [0.15, 0.2) is 24.3 Å². The average molecular weight is 444 g/mol. The Labute approximate surface area is 186 Å². The number of fused-ring (bicyclic) bond motifs is 1. The number of methoxy groups -OCH3 is 1. The van der Waals surface area contributed by atoms with Crippen molar-refractivity contribution in [1.29, 1.82) is 0 Å². The van der Waals surface area contributed by atoms with Gasteiger partial charge < -0.3 is 20.7 Å². The topological polar surface area (TPSA) is 96.5 Å². The van der Waals surface area contributed by atoms with Gasteiger partial charge in [0, 0.05) is 44.2 Å². The number of hydrogen-bond acceptors (Lipinski definition) is 5. The van der Waals surface area contributed by atoms with Gasteiger partial charge in [-0.1, -0.05) is 12.1 Å². The van der Waals surface area contributed by atoms with E-state index in [0.717, 1.165) is 43.2 Å². The lowest BCUT2D eigenvalue weighted by Crippen LogP contribution is -2.27. The third-order valence-electron chi connectivity index (χ3n) is 5.19. The molecule has 1 aromatic carbocycles. The number of thiophene rings is 1. The van der Waals surface area contributed by atoms with Crippen molar-refractivity contribution in [2.24, 2.45) is 0 Å². The lowest BCUT2D eigenvalue weighted by molar-refractivity contribution is -0.119. The number of benzene rings is 1. The fraction of sp³-hybridized carbons (Fsp3) is 0.435. The van der Waals surface area contributed by atoms with Crippen molar-refractivity contribution in [3.63, 3.8) is 0 Å². The van der Waals surface area contributed by atoms with Crippen molar-refractivity contribution in [3.05, 3.63) is 51.4 Å². The van der Waals surface area contributed by atoms with Crippen LogP contribution in [0.4, 0.5) is 5.00 Å². The van der Waals surface area contributed by atoms with E-state index in [4.69, 9.17) is 4.74 Å². The van der Waals surface area contributed by atoms with E-state index >= 15 is 0 Å². The van der Waals surface area contributed by atoms with Crippen LogP contribution in [0.3, 0.4) is 0 Å². The van der Waals surface area contributed by atoms with Gasteiger partial charge in [0.1, 0.15) is 5.00 Å². The molecule has 0 aliphatic heterocycles. The minimum atomic E-state index is -0.252. The van der Waals surface area contributed by atoms with E-state index in [1.165, 1.54) is 23.1 Å². The molecule has 1 aromatic heterocycles. The smallest absolute Gasteiger partial charge is 0.256 e. The Morgan fingerprint density at radius 2 is 1.77 bits per heavy atom. The molecule has 2 aromatic rings. The molecule has 3 rings (SSSR count). The number of anilines is 1. The van der Waals surface area contributed by atoms with E-state index in [1.807, 2.05) is 12.1 Å². The molecular formula is C23H29N3O4S. The summed E-state index contributed by atoms with van der Waals surface area (Å²) in [7, 11) is 1.64. The number of carbonyl (C=O) groups excluding carboxylic acids is 3. The molecule has 0 unspecified atom stereocenters. The number of ether oxygens (including phenoxy) is 1. The third kappa shape index (κ3) is 6.15.